The van der Waals surface area contributed by atoms with Crippen LogP contribution in [0.3, 0.4) is 0 Å². The zero-order valence-electron chi connectivity index (χ0n) is 10.7. The van der Waals surface area contributed by atoms with E-state index in [1.54, 1.807) is 12.4 Å². The van der Waals surface area contributed by atoms with Gasteiger partial charge in [0.1, 0.15) is 5.75 Å². The van der Waals surface area contributed by atoms with Gasteiger partial charge in [0, 0.05) is 12.4 Å². The molecule has 2 rings (SSSR count). The maximum atomic E-state index is 11.6. The highest BCUT2D eigenvalue weighted by Crippen LogP contribution is 2.28. The fourth-order valence-corrected chi connectivity index (χ4v) is 2.29. The first kappa shape index (κ1) is 12.9. The lowest BCUT2D eigenvalue weighted by Crippen LogP contribution is -2.29. The average molecular weight is 249 g/mol. The molecule has 1 aliphatic carbocycles. The number of carbonyl (C=O) groups is 1. The van der Waals surface area contributed by atoms with Crippen molar-refractivity contribution in [1.82, 2.24) is 4.98 Å². The van der Waals surface area contributed by atoms with Gasteiger partial charge in [-0.25, -0.2) is 0 Å². The van der Waals surface area contributed by atoms with Gasteiger partial charge in [-0.05, 0) is 44.7 Å². The Labute approximate surface area is 107 Å². The number of carbonyl (C=O) groups excluding carboxylic acids is 1. The molecule has 1 heterocycles. The van der Waals surface area contributed by atoms with Gasteiger partial charge in [-0.3, -0.25) is 9.78 Å². The predicted octanol–water partition coefficient (Wildman–Crippen LogP) is 2.58. The molecule has 0 amide bonds. The Balaban J connectivity index is 1.78. The second-order valence-corrected chi connectivity index (χ2v) is 4.53. The fourth-order valence-electron chi connectivity index (χ4n) is 2.29. The lowest BCUT2D eigenvalue weighted by molar-refractivity contribution is -0.149. The van der Waals surface area contributed by atoms with E-state index in [0.29, 0.717) is 6.61 Å². The van der Waals surface area contributed by atoms with Crippen LogP contribution in [0.2, 0.25) is 0 Å². The number of nitrogens with zero attached hydrogens (tertiary/aromatic N) is 1. The normalized spacial score (nSPS) is 23.4. The quantitative estimate of drug-likeness (QED) is 0.769. The van der Waals surface area contributed by atoms with Crippen LogP contribution >= 0.6 is 0 Å². The molecule has 1 aromatic rings. The zero-order chi connectivity index (χ0) is 12.8. The van der Waals surface area contributed by atoms with Crippen LogP contribution in [0.1, 0.15) is 32.6 Å². The molecule has 4 heteroatoms. The van der Waals surface area contributed by atoms with Crippen LogP contribution in [0, 0.1) is 5.92 Å². The summed E-state index contributed by atoms with van der Waals surface area (Å²) in [5, 5.41) is 0. The molecule has 0 spiro atoms. The number of ether oxygens (including phenoxy) is 2. The van der Waals surface area contributed by atoms with E-state index >= 15 is 0 Å². The van der Waals surface area contributed by atoms with Gasteiger partial charge in [-0.1, -0.05) is 0 Å². The molecular formula is C14H19NO3. The summed E-state index contributed by atoms with van der Waals surface area (Å²) in [7, 11) is 0. The van der Waals surface area contributed by atoms with Crippen molar-refractivity contribution in [2.75, 3.05) is 6.61 Å². The summed E-state index contributed by atoms with van der Waals surface area (Å²) in [4.78, 5) is 15.5. The molecule has 0 saturated heterocycles. The average Bonchev–Trinajstić information content (AvgIpc) is 2.41. The highest BCUT2D eigenvalue weighted by Gasteiger charge is 2.28. The monoisotopic (exact) mass is 249 g/mol. The number of pyridine rings is 1. The lowest BCUT2D eigenvalue weighted by atomic mass is 9.87. The topological polar surface area (TPSA) is 48.4 Å². The van der Waals surface area contributed by atoms with Crippen LogP contribution in [0.5, 0.6) is 5.75 Å². The first-order chi connectivity index (χ1) is 8.79. The molecule has 4 nitrogen and oxygen atoms in total. The van der Waals surface area contributed by atoms with Crippen molar-refractivity contribution in [3.63, 3.8) is 0 Å². The number of esters is 1. The summed E-state index contributed by atoms with van der Waals surface area (Å²) in [6, 6.07) is 3.72. The molecule has 0 aromatic carbocycles. The molecular weight excluding hydrogens is 230 g/mol. The van der Waals surface area contributed by atoms with Gasteiger partial charge in [-0.15, -0.1) is 0 Å². The van der Waals surface area contributed by atoms with Gasteiger partial charge in [0.25, 0.3) is 0 Å². The van der Waals surface area contributed by atoms with Gasteiger partial charge in [-0.2, -0.15) is 0 Å². The van der Waals surface area contributed by atoms with Crippen molar-refractivity contribution in [2.45, 2.75) is 38.7 Å². The van der Waals surface area contributed by atoms with E-state index in [0.717, 1.165) is 31.4 Å². The van der Waals surface area contributed by atoms with Gasteiger partial charge in [0.15, 0.2) is 0 Å². The van der Waals surface area contributed by atoms with Crippen LogP contribution < -0.4 is 4.74 Å². The predicted molar refractivity (Wildman–Crippen MR) is 67.2 cm³/mol. The minimum atomic E-state index is -0.0557. The molecule has 0 bridgehead atoms. The summed E-state index contributed by atoms with van der Waals surface area (Å²) in [6.45, 7) is 2.31. The molecule has 98 valence electrons. The van der Waals surface area contributed by atoms with Gasteiger partial charge in [0.2, 0.25) is 0 Å². The van der Waals surface area contributed by atoms with Crippen molar-refractivity contribution in [1.29, 1.82) is 0 Å². The van der Waals surface area contributed by atoms with E-state index in [1.807, 2.05) is 19.1 Å². The van der Waals surface area contributed by atoms with E-state index < -0.39 is 0 Å². The molecule has 1 fully saturated rings. The minimum absolute atomic E-state index is 0.0557. The van der Waals surface area contributed by atoms with Crippen molar-refractivity contribution < 1.29 is 14.3 Å². The number of rotatable bonds is 4. The maximum Gasteiger partial charge on any atom is 0.308 e. The Morgan fingerprint density at radius 2 is 1.94 bits per heavy atom. The fraction of sp³-hybridized carbons (Fsp3) is 0.571. The van der Waals surface area contributed by atoms with Crippen molar-refractivity contribution in [3.8, 4) is 5.75 Å². The minimum Gasteiger partial charge on any atom is -0.490 e. The van der Waals surface area contributed by atoms with E-state index in [2.05, 4.69) is 4.98 Å². The lowest BCUT2D eigenvalue weighted by Gasteiger charge is -2.27. The molecule has 0 aliphatic heterocycles. The molecule has 0 N–H and O–H groups in total. The summed E-state index contributed by atoms with van der Waals surface area (Å²) in [5.41, 5.74) is 0. The maximum absolute atomic E-state index is 11.6. The van der Waals surface area contributed by atoms with E-state index in [-0.39, 0.29) is 18.0 Å². The Morgan fingerprint density at radius 1 is 1.28 bits per heavy atom. The summed E-state index contributed by atoms with van der Waals surface area (Å²) in [6.07, 6.45) is 7.18. The molecule has 0 radical (unpaired) electrons. The van der Waals surface area contributed by atoms with Crippen LogP contribution in [0.25, 0.3) is 0 Å². The third kappa shape index (κ3) is 3.45. The smallest absolute Gasteiger partial charge is 0.308 e. The van der Waals surface area contributed by atoms with Gasteiger partial charge in [0.05, 0.1) is 18.6 Å². The summed E-state index contributed by atoms with van der Waals surface area (Å²) >= 11 is 0. The molecule has 0 atom stereocenters. The number of hydrogen-bond acceptors (Lipinski definition) is 4. The largest absolute Gasteiger partial charge is 0.490 e. The van der Waals surface area contributed by atoms with Crippen molar-refractivity contribution in [2.24, 2.45) is 5.92 Å². The zero-order valence-corrected chi connectivity index (χ0v) is 10.7. The Morgan fingerprint density at radius 3 is 2.56 bits per heavy atom. The van der Waals surface area contributed by atoms with Crippen LogP contribution in [-0.2, 0) is 9.53 Å². The summed E-state index contributed by atoms with van der Waals surface area (Å²) in [5.74, 6) is 0.853. The van der Waals surface area contributed by atoms with E-state index in [9.17, 15) is 4.79 Å². The molecule has 1 aliphatic rings. The van der Waals surface area contributed by atoms with Crippen LogP contribution in [0.4, 0.5) is 0 Å². The highest BCUT2D eigenvalue weighted by molar-refractivity contribution is 5.72. The molecule has 1 aromatic heterocycles. The number of aromatic nitrogens is 1. The van der Waals surface area contributed by atoms with E-state index in [1.165, 1.54) is 0 Å². The third-order valence-corrected chi connectivity index (χ3v) is 3.25. The van der Waals surface area contributed by atoms with Gasteiger partial charge < -0.3 is 9.47 Å². The van der Waals surface area contributed by atoms with E-state index in [4.69, 9.17) is 9.47 Å². The Kier molecular flexibility index (Phi) is 4.56. The molecule has 18 heavy (non-hydrogen) atoms. The highest BCUT2D eigenvalue weighted by atomic mass is 16.5. The van der Waals surface area contributed by atoms with Crippen LogP contribution in [-0.4, -0.2) is 23.7 Å². The first-order valence-electron chi connectivity index (χ1n) is 6.53. The Hall–Kier alpha value is -1.58. The van der Waals surface area contributed by atoms with Crippen LogP contribution in [0.15, 0.2) is 24.5 Å². The van der Waals surface area contributed by atoms with Gasteiger partial charge >= 0.3 is 5.97 Å². The van der Waals surface area contributed by atoms with Crippen molar-refractivity contribution in [3.05, 3.63) is 24.5 Å². The standard InChI is InChI=1S/C14H19NO3/c1-2-17-14(16)11-3-5-12(6-4-11)18-13-7-9-15-10-8-13/h7-12H,2-6H2,1H3. The molecule has 0 unspecified atom stereocenters. The SMILES string of the molecule is CCOC(=O)C1CCC(Oc2ccncc2)CC1. The number of hydrogen-bond donors (Lipinski definition) is 0. The first-order valence-corrected chi connectivity index (χ1v) is 6.53. The second kappa shape index (κ2) is 6.38. The summed E-state index contributed by atoms with van der Waals surface area (Å²) < 4.78 is 10.9. The van der Waals surface area contributed by atoms with Crippen molar-refractivity contribution >= 4 is 5.97 Å². The molecule has 1 saturated carbocycles. The second-order valence-electron chi connectivity index (χ2n) is 4.53. The Bertz CT molecular complexity index is 372. The third-order valence-electron chi connectivity index (χ3n) is 3.25.